The summed E-state index contributed by atoms with van der Waals surface area (Å²) >= 11 is 1.15. The lowest BCUT2D eigenvalue weighted by Gasteiger charge is -2.14. The van der Waals surface area contributed by atoms with E-state index in [2.05, 4.69) is 16.9 Å². The number of aliphatic imine (C=N–C) groups is 1. The predicted octanol–water partition coefficient (Wildman–Crippen LogP) is 3.98. The maximum atomic E-state index is 13.9. The predicted molar refractivity (Wildman–Crippen MR) is 113 cm³/mol. The highest BCUT2D eigenvalue weighted by molar-refractivity contribution is 8.15. The topological polar surface area (TPSA) is 71.0 Å². The molecule has 6 nitrogen and oxygen atoms in total. The Balaban J connectivity index is 1.72. The molecule has 2 amide bonds. The molecule has 2 aromatic carbocycles. The summed E-state index contributed by atoms with van der Waals surface area (Å²) in [5.41, 5.74) is 0.745. The van der Waals surface area contributed by atoms with E-state index in [1.807, 2.05) is 0 Å². The van der Waals surface area contributed by atoms with Gasteiger partial charge < -0.3 is 10.1 Å². The van der Waals surface area contributed by atoms with Gasteiger partial charge in [0.25, 0.3) is 0 Å². The van der Waals surface area contributed by atoms with Gasteiger partial charge in [0.05, 0.1) is 7.11 Å². The van der Waals surface area contributed by atoms with Crippen LogP contribution in [0.15, 0.2) is 66.2 Å². The molecule has 150 valence electrons. The number of rotatable bonds is 7. The first-order chi connectivity index (χ1) is 14.0. The summed E-state index contributed by atoms with van der Waals surface area (Å²) in [6.45, 7) is 3.88. The van der Waals surface area contributed by atoms with Crippen molar-refractivity contribution in [3.8, 4) is 5.75 Å². The lowest BCUT2D eigenvalue weighted by molar-refractivity contribution is -0.127. The summed E-state index contributed by atoms with van der Waals surface area (Å²) in [4.78, 5) is 30.8. The van der Waals surface area contributed by atoms with Gasteiger partial charge in [-0.3, -0.25) is 14.5 Å². The molecule has 0 aromatic heterocycles. The number of thioether (sulfide) groups is 1. The Bertz CT molecular complexity index is 946. The smallest absolute Gasteiger partial charge is 0.242 e. The zero-order valence-corrected chi connectivity index (χ0v) is 16.6. The van der Waals surface area contributed by atoms with Gasteiger partial charge in [0.15, 0.2) is 5.17 Å². The Morgan fingerprint density at radius 3 is 2.69 bits per heavy atom. The first kappa shape index (κ1) is 20.6. The average Bonchev–Trinajstić information content (AvgIpc) is 2.99. The molecule has 2 aromatic rings. The number of hydrogen-bond acceptors (Lipinski definition) is 5. The molecule has 1 unspecified atom stereocenters. The Labute approximate surface area is 172 Å². The van der Waals surface area contributed by atoms with Crippen LogP contribution in [-0.2, 0) is 9.59 Å². The zero-order valence-electron chi connectivity index (χ0n) is 15.8. The molecule has 1 heterocycles. The molecule has 0 aliphatic carbocycles. The second-order valence-corrected chi connectivity index (χ2v) is 7.34. The molecule has 1 fully saturated rings. The molecule has 1 N–H and O–H groups in total. The summed E-state index contributed by atoms with van der Waals surface area (Å²) in [7, 11) is 1.56. The standard InChI is InChI=1S/C21H20FN3O3S/c1-3-12-25-20(27)18(29-21(25)24-17-7-5-4-6-16(17)22)13-19(26)23-14-8-10-15(28-2)11-9-14/h3-11,18H,1,12-13H2,2H3,(H,23,26). The van der Waals surface area contributed by atoms with Crippen LogP contribution in [0.5, 0.6) is 5.75 Å². The molecule has 0 radical (unpaired) electrons. The lowest BCUT2D eigenvalue weighted by atomic mass is 10.2. The molecular formula is C21H20FN3O3S. The SMILES string of the molecule is C=CCN1C(=O)C(CC(=O)Nc2ccc(OC)cc2)SC1=Nc1ccccc1F. The molecular weight excluding hydrogens is 393 g/mol. The van der Waals surface area contributed by atoms with E-state index < -0.39 is 11.1 Å². The first-order valence-corrected chi connectivity index (χ1v) is 9.76. The highest BCUT2D eigenvalue weighted by Crippen LogP contribution is 2.32. The van der Waals surface area contributed by atoms with E-state index in [9.17, 15) is 14.0 Å². The van der Waals surface area contributed by atoms with Crippen LogP contribution in [0.3, 0.4) is 0 Å². The minimum atomic E-state index is -0.640. The van der Waals surface area contributed by atoms with Crippen LogP contribution in [0.2, 0.25) is 0 Å². The lowest BCUT2D eigenvalue weighted by Crippen LogP contribution is -2.33. The fourth-order valence-corrected chi connectivity index (χ4v) is 3.88. The number of methoxy groups -OCH3 is 1. The third-order valence-corrected chi connectivity index (χ3v) is 5.32. The van der Waals surface area contributed by atoms with Crippen molar-refractivity contribution in [3.63, 3.8) is 0 Å². The molecule has 3 rings (SSSR count). The third kappa shape index (κ3) is 5.03. The molecule has 0 saturated carbocycles. The van der Waals surface area contributed by atoms with E-state index in [4.69, 9.17) is 4.74 Å². The summed E-state index contributed by atoms with van der Waals surface area (Å²) in [6, 6.07) is 13.0. The number of carbonyl (C=O) groups excluding carboxylic acids is 2. The largest absolute Gasteiger partial charge is 0.497 e. The second kappa shape index (κ2) is 9.38. The number of nitrogens with one attached hydrogen (secondary N) is 1. The van der Waals surface area contributed by atoms with Crippen LogP contribution in [0.4, 0.5) is 15.8 Å². The summed E-state index contributed by atoms with van der Waals surface area (Å²) < 4.78 is 19.0. The van der Waals surface area contributed by atoms with Gasteiger partial charge in [-0.1, -0.05) is 30.0 Å². The number of nitrogens with zero attached hydrogens (tertiary/aromatic N) is 2. The monoisotopic (exact) mass is 413 g/mol. The van der Waals surface area contributed by atoms with E-state index >= 15 is 0 Å². The zero-order chi connectivity index (χ0) is 20.8. The fraction of sp³-hybridized carbons (Fsp3) is 0.190. The van der Waals surface area contributed by atoms with Crippen LogP contribution in [0.1, 0.15) is 6.42 Å². The molecule has 1 saturated heterocycles. The van der Waals surface area contributed by atoms with E-state index in [1.54, 1.807) is 49.6 Å². The number of benzene rings is 2. The van der Waals surface area contributed by atoms with E-state index in [1.165, 1.54) is 17.0 Å². The number of halogens is 1. The summed E-state index contributed by atoms with van der Waals surface area (Å²) in [6.07, 6.45) is 1.54. The van der Waals surface area contributed by atoms with Crippen LogP contribution >= 0.6 is 11.8 Å². The van der Waals surface area contributed by atoms with E-state index in [0.29, 0.717) is 16.6 Å². The molecule has 1 atom stereocenters. The summed E-state index contributed by atoms with van der Waals surface area (Å²) in [5.74, 6) is -0.354. The molecule has 1 aliphatic heterocycles. The number of amides is 2. The maximum absolute atomic E-state index is 13.9. The molecule has 1 aliphatic rings. The van der Waals surface area contributed by atoms with E-state index in [0.717, 1.165) is 11.8 Å². The Kier molecular flexibility index (Phi) is 6.66. The van der Waals surface area contributed by atoms with Gasteiger partial charge in [-0.05, 0) is 36.4 Å². The Morgan fingerprint density at radius 2 is 2.03 bits per heavy atom. The second-order valence-electron chi connectivity index (χ2n) is 6.17. The first-order valence-electron chi connectivity index (χ1n) is 8.88. The fourth-order valence-electron chi connectivity index (χ4n) is 2.72. The maximum Gasteiger partial charge on any atom is 0.242 e. The van der Waals surface area contributed by atoms with Gasteiger partial charge in [-0.15, -0.1) is 6.58 Å². The number of para-hydroxylation sites is 1. The molecule has 29 heavy (non-hydrogen) atoms. The molecule has 8 heteroatoms. The quantitative estimate of drug-likeness (QED) is 0.697. The number of hydrogen-bond donors (Lipinski definition) is 1. The van der Waals surface area contributed by atoms with Crippen LogP contribution < -0.4 is 10.1 Å². The molecule has 0 bridgehead atoms. The highest BCUT2D eigenvalue weighted by Gasteiger charge is 2.38. The van der Waals surface area contributed by atoms with Gasteiger partial charge >= 0.3 is 0 Å². The van der Waals surface area contributed by atoms with Gasteiger partial charge in [-0.25, -0.2) is 9.38 Å². The number of ether oxygens (including phenoxy) is 1. The average molecular weight is 413 g/mol. The van der Waals surface area contributed by atoms with Gasteiger partial charge in [0.1, 0.15) is 22.5 Å². The van der Waals surface area contributed by atoms with Crippen molar-refractivity contribution in [3.05, 3.63) is 67.0 Å². The minimum Gasteiger partial charge on any atom is -0.497 e. The van der Waals surface area contributed by atoms with Crippen molar-refractivity contribution in [2.75, 3.05) is 19.0 Å². The van der Waals surface area contributed by atoms with Crippen molar-refractivity contribution in [1.29, 1.82) is 0 Å². The van der Waals surface area contributed by atoms with Crippen LogP contribution in [0.25, 0.3) is 0 Å². The molecule has 0 spiro atoms. The van der Waals surface area contributed by atoms with Gasteiger partial charge in [0, 0.05) is 18.7 Å². The third-order valence-electron chi connectivity index (χ3n) is 4.14. The summed E-state index contributed by atoms with van der Waals surface area (Å²) in [5, 5.41) is 2.47. The van der Waals surface area contributed by atoms with Crippen molar-refractivity contribution >= 4 is 40.1 Å². The van der Waals surface area contributed by atoms with Gasteiger partial charge in [-0.2, -0.15) is 0 Å². The Hall–Kier alpha value is -3.13. The van der Waals surface area contributed by atoms with Crippen molar-refractivity contribution in [1.82, 2.24) is 4.90 Å². The van der Waals surface area contributed by atoms with Crippen molar-refractivity contribution in [2.45, 2.75) is 11.7 Å². The normalized spacial score (nSPS) is 17.4. The van der Waals surface area contributed by atoms with Crippen molar-refractivity contribution in [2.24, 2.45) is 4.99 Å². The number of anilines is 1. The number of amidine groups is 1. The highest BCUT2D eigenvalue weighted by atomic mass is 32.2. The van der Waals surface area contributed by atoms with Gasteiger partial charge in [0.2, 0.25) is 11.8 Å². The number of carbonyl (C=O) groups is 2. The Morgan fingerprint density at radius 1 is 1.31 bits per heavy atom. The minimum absolute atomic E-state index is 0.0283. The van der Waals surface area contributed by atoms with E-state index in [-0.39, 0.29) is 30.5 Å². The van der Waals surface area contributed by atoms with Crippen molar-refractivity contribution < 1.29 is 18.7 Å². The van der Waals surface area contributed by atoms with Crippen LogP contribution in [-0.4, -0.2) is 40.8 Å². The van der Waals surface area contributed by atoms with Crippen LogP contribution in [0, 0.1) is 5.82 Å².